The first-order valence-corrected chi connectivity index (χ1v) is 4.32. The molecule has 1 amide bonds. The Balaban J connectivity index is 3.79. The summed E-state index contributed by atoms with van der Waals surface area (Å²) < 4.78 is 4.97. The summed E-state index contributed by atoms with van der Waals surface area (Å²) in [6.07, 6.45) is 1.47. The van der Waals surface area contributed by atoms with Crippen molar-refractivity contribution in [1.82, 2.24) is 5.32 Å². The first-order chi connectivity index (χ1) is 5.52. The Morgan fingerprint density at radius 1 is 1.50 bits per heavy atom. The van der Waals surface area contributed by atoms with E-state index in [1.807, 2.05) is 20.8 Å². The molecule has 0 saturated carbocycles. The van der Waals surface area contributed by atoms with Gasteiger partial charge in [0.15, 0.2) is 0 Å². The summed E-state index contributed by atoms with van der Waals surface area (Å²) in [7, 11) is 1.63. The van der Waals surface area contributed by atoms with E-state index in [-0.39, 0.29) is 11.4 Å². The van der Waals surface area contributed by atoms with Crippen LogP contribution in [-0.4, -0.2) is 25.2 Å². The van der Waals surface area contributed by atoms with Crippen molar-refractivity contribution < 1.29 is 9.53 Å². The number of hydrogen-bond acceptors (Lipinski definition) is 2. The first kappa shape index (κ1) is 11.4. The lowest BCUT2D eigenvalue weighted by molar-refractivity contribution is -0.123. The molecule has 0 aromatic heterocycles. The Labute approximate surface area is 74.5 Å². The molecule has 3 heteroatoms. The zero-order valence-corrected chi connectivity index (χ0v) is 8.44. The van der Waals surface area contributed by atoms with E-state index in [0.29, 0.717) is 13.0 Å². The average molecular weight is 173 g/mol. The fraction of sp³-hybridized carbons (Fsp3) is 0.889. The van der Waals surface area contributed by atoms with Gasteiger partial charge in [0.2, 0.25) is 5.91 Å². The van der Waals surface area contributed by atoms with E-state index >= 15 is 0 Å². The molecule has 0 spiro atoms. The van der Waals surface area contributed by atoms with Crippen LogP contribution in [0.25, 0.3) is 0 Å². The number of ether oxygens (including phenoxy) is 1. The van der Waals surface area contributed by atoms with E-state index in [1.54, 1.807) is 7.11 Å². The number of carbonyl (C=O) groups is 1. The van der Waals surface area contributed by atoms with Crippen molar-refractivity contribution in [2.24, 2.45) is 0 Å². The van der Waals surface area contributed by atoms with Crippen molar-refractivity contribution in [2.45, 2.75) is 39.2 Å². The molecule has 0 aliphatic carbocycles. The smallest absolute Gasteiger partial charge is 0.220 e. The molecule has 1 N–H and O–H groups in total. The van der Waals surface area contributed by atoms with Crippen molar-refractivity contribution >= 4 is 5.91 Å². The third-order valence-corrected chi connectivity index (χ3v) is 1.46. The van der Waals surface area contributed by atoms with Crippen LogP contribution in [0.3, 0.4) is 0 Å². The van der Waals surface area contributed by atoms with Gasteiger partial charge in [-0.25, -0.2) is 0 Å². The number of amides is 1. The monoisotopic (exact) mass is 173 g/mol. The summed E-state index contributed by atoms with van der Waals surface area (Å²) in [5.41, 5.74) is -0.249. The molecular formula is C9H19NO2. The largest absolute Gasteiger partial charge is 0.382 e. The SMILES string of the molecule is CCCC(=O)NC(C)(C)COC. The molecule has 0 aliphatic heterocycles. The number of hydrogen-bond donors (Lipinski definition) is 1. The summed E-state index contributed by atoms with van der Waals surface area (Å²) in [6.45, 7) is 6.43. The quantitative estimate of drug-likeness (QED) is 0.681. The summed E-state index contributed by atoms with van der Waals surface area (Å²) in [5.74, 6) is 0.0968. The lowest BCUT2D eigenvalue weighted by atomic mass is 10.1. The van der Waals surface area contributed by atoms with Gasteiger partial charge in [-0.2, -0.15) is 0 Å². The molecule has 0 saturated heterocycles. The van der Waals surface area contributed by atoms with Gasteiger partial charge in [-0.3, -0.25) is 4.79 Å². The molecule has 0 fully saturated rings. The zero-order valence-electron chi connectivity index (χ0n) is 8.44. The van der Waals surface area contributed by atoms with Crippen LogP contribution in [0.2, 0.25) is 0 Å². The van der Waals surface area contributed by atoms with Gasteiger partial charge in [0.25, 0.3) is 0 Å². The highest BCUT2D eigenvalue weighted by molar-refractivity contribution is 5.76. The summed E-state index contributed by atoms with van der Waals surface area (Å²) in [5, 5.41) is 2.89. The predicted molar refractivity (Wildman–Crippen MR) is 49.0 cm³/mol. The average Bonchev–Trinajstić information content (AvgIpc) is 1.85. The molecule has 0 bridgehead atoms. The van der Waals surface area contributed by atoms with E-state index in [2.05, 4.69) is 5.32 Å². The Morgan fingerprint density at radius 3 is 2.50 bits per heavy atom. The van der Waals surface area contributed by atoms with Gasteiger partial charge < -0.3 is 10.1 Å². The molecule has 0 unspecified atom stereocenters. The Bertz CT molecular complexity index is 143. The maximum absolute atomic E-state index is 11.2. The highest BCUT2D eigenvalue weighted by Gasteiger charge is 2.19. The summed E-state index contributed by atoms with van der Waals surface area (Å²) >= 11 is 0. The van der Waals surface area contributed by atoms with Gasteiger partial charge >= 0.3 is 0 Å². The minimum atomic E-state index is -0.249. The first-order valence-electron chi connectivity index (χ1n) is 4.32. The predicted octanol–water partition coefficient (Wildman–Crippen LogP) is 1.33. The molecule has 12 heavy (non-hydrogen) atoms. The normalized spacial score (nSPS) is 11.3. The van der Waals surface area contributed by atoms with Gasteiger partial charge in [-0.05, 0) is 20.3 Å². The number of rotatable bonds is 5. The van der Waals surface area contributed by atoms with E-state index < -0.39 is 0 Å². The molecule has 3 nitrogen and oxygen atoms in total. The van der Waals surface area contributed by atoms with Crippen LogP contribution in [0.1, 0.15) is 33.6 Å². The topological polar surface area (TPSA) is 38.3 Å². The van der Waals surface area contributed by atoms with Crippen LogP contribution in [0.15, 0.2) is 0 Å². The highest BCUT2D eigenvalue weighted by atomic mass is 16.5. The third kappa shape index (κ3) is 5.13. The third-order valence-electron chi connectivity index (χ3n) is 1.46. The van der Waals surface area contributed by atoms with E-state index in [1.165, 1.54) is 0 Å². The molecular weight excluding hydrogens is 154 g/mol. The molecule has 0 aliphatic rings. The van der Waals surface area contributed by atoms with Crippen LogP contribution in [0, 0.1) is 0 Å². The van der Waals surface area contributed by atoms with Crippen LogP contribution in [0.4, 0.5) is 0 Å². The van der Waals surface area contributed by atoms with Crippen molar-refractivity contribution in [2.75, 3.05) is 13.7 Å². The summed E-state index contributed by atoms with van der Waals surface area (Å²) in [6, 6.07) is 0. The molecule has 0 atom stereocenters. The van der Waals surface area contributed by atoms with E-state index in [9.17, 15) is 4.79 Å². The molecule has 0 aromatic rings. The van der Waals surface area contributed by atoms with Crippen LogP contribution in [0.5, 0.6) is 0 Å². The maximum Gasteiger partial charge on any atom is 0.220 e. The number of methoxy groups -OCH3 is 1. The molecule has 72 valence electrons. The van der Waals surface area contributed by atoms with Crippen molar-refractivity contribution in [1.29, 1.82) is 0 Å². The Kier molecular flexibility index (Phi) is 4.90. The van der Waals surface area contributed by atoms with Crippen LogP contribution < -0.4 is 5.32 Å². The van der Waals surface area contributed by atoms with Crippen molar-refractivity contribution in [3.05, 3.63) is 0 Å². The van der Waals surface area contributed by atoms with Gasteiger partial charge in [0, 0.05) is 13.5 Å². The minimum absolute atomic E-state index is 0.0968. The van der Waals surface area contributed by atoms with Gasteiger partial charge in [0.05, 0.1) is 12.1 Å². The number of carbonyl (C=O) groups excluding carboxylic acids is 1. The fourth-order valence-electron chi connectivity index (χ4n) is 1.06. The molecule has 0 aromatic carbocycles. The van der Waals surface area contributed by atoms with Crippen molar-refractivity contribution in [3.8, 4) is 0 Å². The molecule has 0 heterocycles. The standard InChI is InChI=1S/C9H19NO2/c1-5-6-8(11)10-9(2,3)7-12-4/h5-7H2,1-4H3,(H,10,11). The lowest BCUT2D eigenvalue weighted by Crippen LogP contribution is -2.46. The van der Waals surface area contributed by atoms with Gasteiger partial charge in [0.1, 0.15) is 0 Å². The lowest BCUT2D eigenvalue weighted by Gasteiger charge is -2.25. The summed E-state index contributed by atoms with van der Waals surface area (Å²) in [4.78, 5) is 11.2. The van der Waals surface area contributed by atoms with Gasteiger partial charge in [-0.1, -0.05) is 6.92 Å². The maximum atomic E-state index is 11.2. The minimum Gasteiger partial charge on any atom is -0.382 e. The Morgan fingerprint density at radius 2 is 2.08 bits per heavy atom. The number of nitrogens with one attached hydrogen (secondary N) is 1. The molecule has 0 radical (unpaired) electrons. The zero-order chi connectivity index (χ0) is 9.61. The van der Waals surface area contributed by atoms with E-state index in [0.717, 1.165) is 6.42 Å². The van der Waals surface area contributed by atoms with Gasteiger partial charge in [-0.15, -0.1) is 0 Å². The second-order valence-electron chi connectivity index (χ2n) is 3.62. The van der Waals surface area contributed by atoms with Crippen LogP contribution in [-0.2, 0) is 9.53 Å². The van der Waals surface area contributed by atoms with Crippen LogP contribution >= 0.6 is 0 Å². The Hall–Kier alpha value is -0.570. The second-order valence-corrected chi connectivity index (χ2v) is 3.62. The fourth-order valence-corrected chi connectivity index (χ4v) is 1.06. The highest BCUT2D eigenvalue weighted by Crippen LogP contribution is 2.02. The van der Waals surface area contributed by atoms with E-state index in [4.69, 9.17) is 4.74 Å². The molecule has 0 rings (SSSR count). The van der Waals surface area contributed by atoms with Crippen molar-refractivity contribution in [3.63, 3.8) is 0 Å². The second kappa shape index (κ2) is 5.14.